The van der Waals surface area contributed by atoms with E-state index in [-0.39, 0.29) is 5.41 Å². The lowest BCUT2D eigenvalue weighted by Crippen LogP contribution is -2.40. The van der Waals surface area contributed by atoms with Gasteiger partial charge in [-0.15, -0.1) is 0 Å². The molecule has 19 heavy (non-hydrogen) atoms. The van der Waals surface area contributed by atoms with Crippen LogP contribution in [0.25, 0.3) is 0 Å². The smallest absolute Gasteiger partial charge is 0.141 e. The highest BCUT2D eigenvalue weighted by Gasteiger charge is 2.45. The van der Waals surface area contributed by atoms with Crippen LogP contribution in [0.3, 0.4) is 0 Å². The summed E-state index contributed by atoms with van der Waals surface area (Å²) in [6, 6.07) is 11.4. The molecule has 1 N–H and O–H groups in total. The molecule has 2 nitrogen and oxygen atoms in total. The lowest BCUT2D eigenvalue weighted by atomic mass is 9.60. The van der Waals surface area contributed by atoms with Gasteiger partial charge in [-0.3, -0.25) is 4.98 Å². The molecule has 3 rings (SSSR count). The number of hydrogen-bond acceptors (Lipinski definition) is 2. The topological polar surface area (TPSA) is 33.1 Å². The van der Waals surface area contributed by atoms with Crippen molar-refractivity contribution in [3.63, 3.8) is 0 Å². The van der Waals surface area contributed by atoms with Gasteiger partial charge in [0.2, 0.25) is 0 Å². The van der Waals surface area contributed by atoms with Crippen molar-refractivity contribution in [3.05, 3.63) is 65.7 Å². The van der Waals surface area contributed by atoms with E-state index in [1.54, 1.807) is 6.20 Å². The summed E-state index contributed by atoms with van der Waals surface area (Å²) in [7, 11) is 0. The average Bonchev–Trinajstić information content (AvgIpc) is 2.38. The van der Waals surface area contributed by atoms with Crippen molar-refractivity contribution in [2.24, 2.45) is 0 Å². The maximum Gasteiger partial charge on any atom is 0.141 e. The van der Waals surface area contributed by atoms with Crippen molar-refractivity contribution in [1.82, 2.24) is 4.98 Å². The summed E-state index contributed by atoms with van der Waals surface area (Å²) in [6.07, 6.45) is 4.95. The van der Waals surface area contributed by atoms with E-state index in [4.69, 9.17) is 0 Å². The number of aliphatic hydroxyl groups excluding tert-OH is 1. The fourth-order valence-electron chi connectivity index (χ4n) is 2.94. The van der Waals surface area contributed by atoms with Gasteiger partial charge in [-0.25, -0.2) is 4.39 Å². The second-order valence-corrected chi connectivity index (χ2v) is 5.21. The summed E-state index contributed by atoms with van der Waals surface area (Å²) >= 11 is 0. The fourth-order valence-corrected chi connectivity index (χ4v) is 2.94. The maximum atomic E-state index is 13.3. The van der Waals surface area contributed by atoms with Gasteiger partial charge in [0, 0.05) is 17.2 Å². The third kappa shape index (κ3) is 2.04. The molecule has 0 amide bonds. The van der Waals surface area contributed by atoms with E-state index in [0.717, 1.165) is 31.0 Å². The van der Waals surface area contributed by atoms with Crippen LogP contribution >= 0.6 is 0 Å². The van der Waals surface area contributed by atoms with Gasteiger partial charge in [-0.1, -0.05) is 36.8 Å². The Morgan fingerprint density at radius 2 is 1.89 bits per heavy atom. The molecule has 2 aromatic rings. The third-order valence-electron chi connectivity index (χ3n) is 4.16. The second kappa shape index (κ2) is 4.74. The van der Waals surface area contributed by atoms with Crippen LogP contribution in [0.1, 0.15) is 36.5 Å². The van der Waals surface area contributed by atoms with E-state index in [9.17, 15) is 9.50 Å². The minimum Gasteiger partial charge on any atom is -0.387 e. The van der Waals surface area contributed by atoms with Crippen LogP contribution in [0.15, 0.2) is 48.8 Å². The van der Waals surface area contributed by atoms with Crippen molar-refractivity contribution in [3.8, 4) is 0 Å². The number of nitrogens with zero attached hydrogens (tertiary/aromatic N) is 1. The first-order valence-corrected chi connectivity index (χ1v) is 6.56. The minimum atomic E-state index is -0.702. The van der Waals surface area contributed by atoms with E-state index in [1.807, 2.05) is 30.3 Å². The standard InChI is InChI=1S/C16H16FNO/c17-14-9-12(10-18-11-14)15(19)16(7-4-8-16)13-5-2-1-3-6-13/h1-3,5-6,9-11,15,19H,4,7-8H2. The first kappa shape index (κ1) is 12.3. The van der Waals surface area contributed by atoms with Gasteiger partial charge in [-0.2, -0.15) is 0 Å². The second-order valence-electron chi connectivity index (χ2n) is 5.21. The monoisotopic (exact) mass is 257 g/mol. The zero-order valence-corrected chi connectivity index (χ0v) is 10.6. The molecule has 1 fully saturated rings. The van der Waals surface area contributed by atoms with Crippen molar-refractivity contribution in [2.45, 2.75) is 30.8 Å². The van der Waals surface area contributed by atoms with Crippen LogP contribution in [0, 0.1) is 5.82 Å². The van der Waals surface area contributed by atoms with E-state index in [0.29, 0.717) is 5.56 Å². The number of aromatic nitrogens is 1. The predicted molar refractivity (Wildman–Crippen MR) is 71.1 cm³/mol. The van der Waals surface area contributed by atoms with Gasteiger partial charge in [-0.05, 0) is 24.5 Å². The average molecular weight is 257 g/mol. The minimum absolute atomic E-state index is 0.281. The Bertz CT molecular complexity index is 566. The summed E-state index contributed by atoms with van der Waals surface area (Å²) in [4.78, 5) is 3.84. The van der Waals surface area contributed by atoms with E-state index in [2.05, 4.69) is 4.98 Å². The zero-order chi connectivity index (χ0) is 13.3. The van der Waals surface area contributed by atoms with E-state index in [1.165, 1.54) is 6.07 Å². The fraction of sp³-hybridized carbons (Fsp3) is 0.312. The molecule has 0 saturated heterocycles. The SMILES string of the molecule is OC(c1cncc(F)c1)C1(c2ccccc2)CCC1. The quantitative estimate of drug-likeness (QED) is 0.914. The van der Waals surface area contributed by atoms with Gasteiger partial charge < -0.3 is 5.11 Å². The van der Waals surface area contributed by atoms with Crippen LogP contribution in [-0.4, -0.2) is 10.1 Å². The predicted octanol–water partition coefficient (Wildman–Crippen LogP) is 3.38. The molecule has 0 spiro atoms. The van der Waals surface area contributed by atoms with E-state index < -0.39 is 11.9 Å². The van der Waals surface area contributed by atoms with Gasteiger partial charge in [0.05, 0.1) is 12.3 Å². The van der Waals surface area contributed by atoms with Gasteiger partial charge in [0.1, 0.15) is 5.82 Å². The largest absolute Gasteiger partial charge is 0.387 e. The molecule has 1 heterocycles. The molecule has 1 unspecified atom stereocenters. The molecular weight excluding hydrogens is 241 g/mol. The van der Waals surface area contributed by atoms with Crippen LogP contribution in [0.5, 0.6) is 0 Å². The van der Waals surface area contributed by atoms with Gasteiger partial charge in [0.15, 0.2) is 0 Å². The Morgan fingerprint density at radius 3 is 2.47 bits per heavy atom. The molecule has 1 aromatic carbocycles. The summed E-state index contributed by atoms with van der Waals surface area (Å²) in [5.41, 5.74) is 1.40. The molecular formula is C16H16FNO. The molecule has 1 atom stereocenters. The highest BCUT2D eigenvalue weighted by Crippen LogP contribution is 2.51. The zero-order valence-electron chi connectivity index (χ0n) is 10.6. The number of halogens is 1. The van der Waals surface area contributed by atoms with Gasteiger partial charge >= 0.3 is 0 Å². The van der Waals surface area contributed by atoms with Crippen molar-refractivity contribution >= 4 is 0 Å². The lowest BCUT2D eigenvalue weighted by Gasteiger charge is -2.46. The van der Waals surface area contributed by atoms with Crippen LogP contribution in [0.4, 0.5) is 4.39 Å². The normalized spacial score (nSPS) is 18.6. The molecule has 3 heteroatoms. The molecule has 1 saturated carbocycles. The van der Waals surface area contributed by atoms with E-state index >= 15 is 0 Å². The maximum absolute atomic E-state index is 13.3. The number of benzene rings is 1. The molecule has 0 aliphatic heterocycles. The van der Waals surface area contributed by atoms with Crippen molar-refractivity contribution in [2.75, 3.05) is 0 Å². The number of hydrogen-bond donors (Lipinski definition) is 1. The lowest BCUT2D eigenvalue weighted by molar-refractivity contribution is 0.0264. The Hall–Kier alpha value is -1.74. The first-order chi connectivity index (χ1) is 9.22. The number of aliphatic hydroxyl groups is 1. The Labute approximate surface area is 111 Å². The highest BCUT2D eigenvalue weighted by atomic mass is 19.1. The highest BCUT2D eigenvalue weighted by molar-refractivity contribution is 5.33. The van der Waals surface area contributed by atoms with Crippen molar-refractivity contribution in [1.29, 1.82) is 0 Å². The summed E-state index contributed by atoms with van der Waals surface area (Å²) in [5, 5.41) is 10.7. The Morgan fingerprint density at radius 1 is 1.16 bits per heavy atom. The number of pyridine rings is 1. The molecule has 0 radical (unpaired) electrons. The third-order valence-corrected chi connectivity index (χ3v) is 4.16. The van der Waals surface area contributed by atoms with Crippen LogP contribution in [0.2, 0.25) is 0 Å². The molecule has 98 valence electrons. The molecule has 1 aromatic heterocycles. The Balaban J connectivity index is 1.99. The van der Waals surface area contributed by atoms with Crippen LogP contribution in [-0.2, 0) is 5.41 Å². The van der Waals surface area contributed by atoms with Crippen molar-refractivity contribution < 1.29 is 9.50 Å². The molecule has 1 aliphatic rings. The van der Waals surface area contributed by atoms with Gasteiger partial charge in [0.25, 0.3) is 0 Å². The Kier molecular flexibility index (Phi) is 3.07. The number of rotatable bonds is 3. The summed E-state index contributed by atoms with van der Waals surface area (Å²) in [6.45, 7) is 0. The molecule has 0 bridgehead atoms. The molecule has 1 aliphatic carbocycles. The summed E-state index contributed by atoms with van der Waals surface area (Å²) in [5.74, 6) is -0.404. The summed E-state index contributed by atoms with van der Waals surface area (Å²) < 4.78 is 13.3. The first-order valence-electron chi connectivity index (χ1n) is 6.56. The van der Waals surface area contributed by atoms with Crippen LogP contribution < -0.4 is 0 Å².